The summed E-state index contributed by atoms with van der Waals surface area (Å²) in [4.78, 5) is 12.2. The van der Waals surface area contributed by atoms with Gasteiger partial charge in [-0.1, -0.05) is 30.3 Å². The molecule has 0 spiro atoms. The first kappa shape index (κ1) is 14.4. The zero-order valence-electron chi connectivity index (χ0n) is 10.6. The summed E-state index contributed by atoms with van der Waals surface area (Å²) in [7, 11) is 0. The number of nitriles is 1. The van der Waals surface area contributed by atoms with Gasteiger partial charge in [0, 0.05) is 6.54 Å². The minimum atomic E-state index is -4.96. The lowest BCUT2D eigenvalue weighted by Gasteiger charge is -2.28. The molecule has 0 radical (unpaired) electrons. The van der Waals surface area contributed by atoms with Crippen molar-refractivity contribution in [2.24, 2.45) is 5.92 Å². The number of hydrogen-bond donors (Lipinski definition) is 0. The van der Waals surface area contributed by atoms with Crippen LogP contribution in [0.4, 0.5) is 13.2 Å². The number of rotatable bonds is 4. The van der Waals surface area contributed by atoms with Gasteiger partial charge in [-0.2, -0.15) is 18.4 Å². The standard InChI is InChI=1S/C14H13F3N2O/c15-14(16,17)13(20)19(12(8-18)11-6-7-11)9-10-4-2-1-3-5-10/h1-5,11-12H,6-7,9H2/t12-/m0/s1. The maximum atomic E-state index is 12.7. The van der Waals surface area contributed by atoms with E-state index in [1.807, 2.05) is 6.07 Å². The molecular formula is C14H13F3N2O. The number of alkyl halides is 3. The van der Waals surface area contributed by atoms with Gasteiger partial charge in [0.05, 0.1) is 6.07 Å². The van der Waals surface area contributed by atoms with Gasteiger partial charge < -0.3 is 4.90 Å². The Bertz CT molecular complexity index is 517. The number of halogens is 3. The Morgan fingerprint density at radius 3 is 2.40 bits per heavy atom. The first-order chi connectivity index (χ1) is 9.43. The molecule has 0 saturated heterocycles. The van der Waals surface area contributed by atoms with Crippen molar-refractivity contribution < 1.29 is 18.0 Å². The van der Waals surface area contributed by atoms with Crippen molar-refractivity contribution in [2.45, 2.75) is 31.6 Å². The fraction of sp³-hybridized carbons (Fsp3) is 0.429. The molecule has 1 aliphatic carbocycles. The summed E-state index contributed by atoms with van der Waals surface area (Å²) in [6.45, 7) is -0.200. The van der Waals surface area contributed by atoms with Gasteiger partial charge in [-0.3, -0.25) is 4.79 Å². The number of benzene rings is 1. The molecule has 6 heteroatoms. The van der Waals surface area contributed by atoms with Gasteiger partial charge in [0.25, 0.3) is 0 Å². The highest BCUT2D eigenvalue weighted by molar-refractivity contribution is 5.82. The Labute approximate surface area is 114 Å². The minimum absolute atomic E-state index is 0.144. The summed E-state index contributed by atoms with van der Waals surface area (Å²) in [5.41, 5.74) is 0.575. The molecule has 106 valence electrons. The van der Waals surface area contributed by atoms with Crippen molar-refractivity contribution in [3.8, 4) is 6.07 Å². The van der Waals surface area contributed by atoms with Gasteiger partial charge >= 0.3 is 12.1 Å². The van der Waals surface area contributed by atoms with Crippen molar-refractivity contribution in [3.05, 3.63) is 35.9 Å². The van der Waals surface area contributed by atoms with E-state index in [0.29, 0.717) is 23.3 Å². The molecule has 0 aromatic heterocycles. The Kier molecular flexibility index (Phi) is 3.98. The highest BCUT2D eigenvalue weighted by Crippen LogP contribution is 2.37. The normalized spacial score (nSPS) is 16.3. The maximum absolute atomic E-state index is 12.7. The predicted molar refractivity (Wildman–Crippen MR) is 65.2 cm³/mol. The first-order valence-corrected chi connectivity index (χ1v) is 6.25. The Hall–Kier alpha value is -2.03. The van der Waals surface area contributed by atoms with Crippen LogP contribution < -0.4 is 0 Å². The molecule has 1 amide bonds. The number of nitrogens with zero attached hydrogens (tertiary/aromatic N) is 2. The van der Waals surface area contributed by atoms with Crippen LogP contribution in [0.3, 0.4) is 0 Å². The van der Waals surface area contributed by atoms with Crippen LogP contribution in [0.25, 0.3) is 0 Å². The van der Waals surface area contributed by atoms with E-state index in [1.165, 1.54) is 0 Å². The van der Waals surface area contributed by atoms with Crippen LogP contribution in [-0.4, -0.2) is 23.0 Å². The average Bonchev–Trinajstić information content (AvgIpc) is 3.22. The molecule has 1 aromatic carbocycles. The van der Waals surface area contributed by atoms with Gasteiger partial charge in [-0.15, -0.1) is 0 Å². The lowest BCUT2D eigenvalue weighted by molar-refractivity contribution is -0.187. The van der Waals surface area contributed by atoms with Crippen molar-refractivity contribution in [1.82, 2.24) is 4.90 Å². The Balaban J connectivity index is 2.24. The summed E-state index contributed by atoms with van der Waals surface area (Å²) >= 11 is 0. The lowest BCUT2D eigenvalue weighted by Crippen LogP contribution is -2.47. The van der Waals surface area contributed by atoms with Crippen molar-refractivity contribution >= 4 is 5.91 Å². The third-order valence-corrected chi connectivity index (χ3v) is 3.24. The Morgan fingerprint density at radius 2 is 1.95 bits per heavy atom. The van der Waals surface area contributed by atoms with E-state index in [2.05, 4.69) is 0 Å². The van der Waals surface area contributed by atoms with Crippen LogP contribution in [0.2, 0.25) is 0 Å². The molecule has 0 aliphatic heterocycles. The second kappa shape index (κ2) is 5.53. The predicted octanol–water partition coefficient (Wildman–Crippen LogP) is 2.88. The maximum Gasteiger partial charge on any atom is 0.471 e. The second-order valence-electron chi connectivity index (χ2n) is 4.83. The van der Waals surface area contributed by atoms with Crippen LogP contribution in [0, 0.1) is 17.2 Å². The highest BCUT2D eigenvalue weighted by atomic mass is 19.4. The molecule has 0 N–H and O–H groups in total. The summed E-state index contributed by atoms with van der Waals surface area (Å²) in [6, 6.07) is 9.21. The van der Waals surface area contributed by atoms with Crippen molar-refractivity contribution in [3.63, 3.8) is 0 Å². The van der Waals surface area contributed by atoms with E-state index in [1.54, 1.807) is 30.3 Å². The summed E-state index contributed by atoms with van der Waals surface area (Å²) in [5.74, 6) is -2.09. The van der Waals surface area contributed by atoms with E-state index in [9.17, 15) is 18.0 Å². The highest BCUT2D eigenvalue weighted by Gasteiger charge is 2.47. The molecular weight excluding hydrogens is 269 g/mol. The number of amides is 1. The molecule has 0 bridgehead atoms. The number of carbonyl (C=O) groups is 1. The van der Waals surface area contributed by atoms with Gasteiger partial charge in [0.15, 0.2) is 0 Å². The van der Waals surface area contributed by atoms with Crippen LogP contribution in [0.15, 0.2) is 30.3 Å². The van der Waals surface area contributed by atoms with Crippen LogP contribution >= 0.6 is 0 Å². The van der Waals surface area contributed by atoms with Gasteiger partial charge in [0.2, 0.25) is 0 Å². The molecule has 1 aliphatic rings. The quantitative estimate of drug-likeness (QED) is 0.852. The van der Waals surface area contributed by atoms with Crippen LogP contribution in [0.5, 0.6) is 0 Å². The second-order valence-corrected chi connectivity index (χ2v) is 4.83. The average molecular weight is 282 g/mol. The monoisotopic (exact) mass is 282 g/mol. The van der Waals surface area contributed by atoms with Gasteiger partial charge in [0.1, 0.15) is 6.04 Å². The van der Waals surface area contributed by atoms with Gasteiger partial charge in [-0.25, -0.2) is 0 Å². The number of carbonyl (C=O) groups excluding carboxylic acids is 1. The van der Waals surface area contributed by atoms with Crippen molar-refractivity contribution in [2.75, 3.05) is 0 Å². The van der Waals surface area contributed by atoms with Crippen LogP contribution in [-0.2, 0) is 11.3 Å². The van der Waals surface area contributed by atoms with E-state index in [4.69, 9.17) is 5.26 Å². The third-order valence-electron chi connectivity index (χ3n) is 3.24. The zero-order chi connectivity index (χ0) is 14.8. The smallest absolute Gasteiger partial charge is 0.314 e. The fourth-order valence-corrected chi connectivity index (χ4v) is 2.08. The van der Waals surface area contributed by atoms with E-state index in [0.717, 1.165) is 0 Å². The zero-order valence-corrected chi connectivity index (χ0v) is 10.6. The molecule has 3 nitrogen and oxygen atoms in total. The summed E-state index contributed by atoms with van der Waals surface area (Å²) < 4.78 is 38.0. The molecule has 1 saturated carbocycles. The van der Waals surface area contributed by atoms with Crippen molar-refractivity contribution in [1.29, 1.82) is 5.26 Å². The fourth-order valence-electron chi connectivity index (χ4n) is 2.08. The largest absolute Gasteiger partial charge is 0.471 e. The minimum Gasteiger partial charge on any atom is -0.314 e. The molecule has 1 fully saturated rings. The first-order valence-electron chi connectivity index (χ1n) is 6.25. The molecule has 0 heterocycles. The van der Waals surface area contributed by atoms with E-state index in [-0.39, 0.29) is 12.5 Å². The molecule has 1 aromatic rings. The third kappa shape index (κ3) is 3.29. The molecule has 0 unspecified atom stereocenters. The molecule has 2 rings (SSSR count). The van der Waals surface area contributed by atoms with E-state index >= 15 is 0 Å². The van der Waals surface area contributed by atoms with Gasteiger partial charge in [-0.05, 0) is 24.3 Å². The van der Waals surface area contributed by atoms with Crippen LogP contribution in [0.1, 0.15) is 18.4 Å². The number of hydrogen-bond acceptors (Lipinski definition) is 2. The SMILES string of the molecule is N#C[C@@H](C1CC1)N(Cc1ccccc1)C(=O)C(F)(F)F. The summed E-state index contributed by atoms with van der Waals surface area (Å²) in [6.07, 6.45) is -3.58. The van der Waals surface area contributed by atoms with E-state index < -0.39 is 18.1 Å². The topological polar surface area (TPSA) is 44.1 Å². The molecule has 20 heavy (non-hydrogen) atoms. The Morgan fingerprint density at radius 1 is 1.35 bits per heavy atom. The summed E-state index contributed by atoms with van der Waals surface area (Å²) in [5, 5.41) is 9.09. The molecule has 1 atom stereocenters. The lowest BCUT2D eigenvalue weighted by atomic mass is 10.1.